The average molecular weight is 463 g/mol. The maximum atomic E-state index is 12.4. The van der Waals surface area contributed by atoms with E-state index in [1.54, 1.807) is 32.9 Å². The summed E-state index contributed by atoms with van der Waals surface area (Å²) in [6, 6.07) is 4.80. The first-order valence-corrected chi connectivity index (χ1v) is 8.50. The van der Waals surface area contributed by atoms with Crippen molar-refractivity contribution in [2.75, 3.05) is 12.3 Å². The molecule has 0 bridgehead atoms. The van der Waals surface area contributed by atoms with Gasteiger partial charge >= 0.3 is 12.1 Å². The van der Waals surface area contributed by atoms with Crippen LogP contribution < -0.4 is 16.4 Å². The van der Waals surface area contributed by atoms with Crippen LogP contribution in [0.5, 0.6) is 0 Å². The molecule has 8 nitrogen and oxygen atoms in total. The smallest absolute Gasteiger partial charge is 0.407 e. The molecule has 0 radical (unpaired) electrons. The third-order valence-electron chi connectivity index (χ3n) is 3.10. The Kier molecular flexibility index (Phi) is 6.63. The Morgan fingerprint density at radius 3 is 2.32 bits per heavy atom. The molecule has 138 valence electrons. The molecule has 0 saturated carbocycles. The molecule has 0 unspecified atom stereocenters. The lowest BCUT2D eigenvalue weighted by Gasteiger charge is -2.28. The van der Waals surface area contributed by atoms with Crippen LogP contribution >= 0.6 is 22.6 Å². The highest BCUT2D eigenvalue weighted by molar-refractivity contribution is 14.1. The number of alkyl carbamates (subject to hydrolysis) is 1. The molecule has 0 heterocycles. The molecule has 0 aliphatic carbocycles. The lowest BCUT2D eigenvalue weighted by Crippen LogP contribution is -2.59. The normalized spacial score (nSPS) is 13.5. The van der Waals surface area contributed by atoms with Crippen molar-refractivity contribution in [3.05, 3.63) is 27.3 Å². The molecule has 0 fully saturated rings. The molecule has 0 spiro atoms. The molecule has 2 amide bonds. The van der Waals surface area contributed by atoms with E-state index in [1.165, 1.54) is 13.0 Å². The van der Waals surface area contributed by atoms with E-state index in [2.05, 4.69) is 10.6 Å². The van der Waals surface area contributed by atoms with Gasteiger partial charge in [-0.15, -0.1) is 0 Å². The fourth-order valence-corrected chi connectivity index (χ4v) is 2.31. The van der Waals surface area contributed by atoms with Crippen molar-refractivity contribution in [1.29, 1.82) is 0 Å². The zero-order valence-corrected chi connectivity index (χ0v) is 16.6. The lowest BCUT2D eigenvalue weighted by atomic mass is 10.0. The number of benzene rings is 1. The van der Waals surface area contributed by atoms with Crippen LogP contribution in [0.2, 0.25) is 0 Å². The molecule has 1 rings (SSSR count). The molecule has 1 aromatic rings. The highest BCUT2D eigenvalue weighted by atomic mass is 127. The first kappa shape index (κ1) is 21.0. The van der Waals surface area contributed by atoms with Crippen LogP contribution in [-0.2, 0) is 9.53 Å². The third-order valence-corrected chi connectivity index (χ3v) is 3.78. The number of carbonyl (C=O) groups excluding carboxylic acids is 2. The van der Waals surface area contributed by atoms with Crippen molar-refractivity contribution in [2.24, 2.45) is 0 Å². The number of carbonyl (C=O) groups is 3. The number of anilines is 1. The summed E-state index contributed by atoms with van der Waals surface area (Å²) < 4.78 is 5.90. The van der Waals surface area contributed by atoms with Crippen LogP contribution in [0.1, 0.15) is 38.1 Å². The lowest BCUT2D eigenvalue weighted by molar-refractivity contribution is -0.143. The Balaban J connectivity index is 2.86. The third kappa shape index (κ3) is 6.40. The summed E-state index contributed by atoms with van der Waals surface area (Å²) >= 11 is 2.05. The maximum absolute atomic E-state index is 12.4. The fourth-order valence-electron chi connectivity index (χ4n) is 1.79. The number of ether oxygens (including phenoxy) is 1. The summed E-state index contributed by atoms with van der Waals surface area (Å²) in [6.45, 7) is 5.99. The quantitative estimate of drug-likeness (QED) is 0.390. The maximum Gasteiger partial charge on any atom is 0.407 e. The Morgan fingerprint density at radius 2 is 1.84 bits per heavy atom. The van der Waals surface area contributed by atoms with Crippen LogP contribution in [-0.4, -0.2) is 40.8 Å². The number of hydrogen-bond donors (Lipinski definition) is 4. The van der Waals surface area contributed by atoms with Crippen LogP contribution in [0.3, 0.4) is 0 Å². The van der Waals surface area contributed by atoms with Gasteiger partial charge in [-0.3, -0.25) is 4.79 Å². The van der Waals surface area contributed by atoms with Crippen molar-refractivity contribution in [1.82, 2.24) is 10.6 Å². The van der Waals surface area contributed by atoms with Crippen LogP contribution in [0.25, 0.3) is 0 Å². The van der Waals surface area contributed by atoms with Gasteiger partial charge < -0.3 is 26.2 Å². The molecule has 1 aromatic carbocycles. The minimum Gasteiger partial charge on any atom is -0.479 e. The number of nitrogens with two attached hydrogens (primary N) is 1. The molecule has 0 aliphatic heterocycles. The Bertz CT molecular complexity index is 687. The van der Waals surface area contributed by atoms with E-state index in [4.69, 9.17) is 10.5 Å². The van der Waals surface area contributed by atoms with Gasteiger partial charge in [0.25, 0.3) is 5.91 Å². The summed E-state index contributed by atoms with van der Waals surface area (Å²) in [6.07, 6.45) is -0.775. The minimum atomic E-state index is -1.73. The van der Waals surface area contributed by atoms with Gasteiger partial charge in [-0.2, -0.15) is 0 Å². The summed E-state index contributed by atoms with van der Waals surface area (Å²) in [5.74, 6) is -1.95. The monoisotopic (exact) mass is 463 g/mol. The largest absolute Gasteiger partial charge is 0.479 e. The number of carboxylic acid groups (broad SMARTS) is 1. The van der Waals surface area contributed by atoms with Crippen molar-refractivity contribution in [2.45, 2.75) is 38.8 Å². The Labute approximate surface area is 159 Å². The van der Waals surface area contributed by atoms with Gasteiger partial charge in [-0.05, 0) is 68.5 Å². The molecule has 0 aromatic heterocycles. The number of halogens is 1. The van der Waals surface area contributed by atoms with Crippen LogP contribution in [0.4, 0.5) is 10.5 Å². The highest BCUT2D eigenvalue weighted by Gasteiger charge is 2.36. The number of nitrogens with one attached hydrogen (secondary N) is 2. The van der Waals surface area contributed by atoms with Gasteiger partial charge in [0.15, 0.2) is 5.54 Å². The number of hydrogen-bond acceptors (Lipinski definition) is 5. The summed E-state index contributed by atoms with van der Waals surface area (Å²) in [7, 11) is 0. The number of carboxylic acids is 1. The Morgan fingerprint density at radius 1 is 1.24 bits per heavy atom. The molecule has 25 heavy (non-hydrogen) atoms. The van der Waals surface area contributed by atoms with Crippen LogP contribution in [0, 0.1) is 3.57 Å². The topological polar surface area (TPSA) is 131 Å². The van der Waals surface area contributed by atoms with Gasteiger partial charge in [0, 0.05) is 9.26 Å². The second-order valence-corrected chi connectivity index (χ2v) is 7.92. The van der Waals surface area contributed by atoms with E-state index in [-0.39, 0.29) is 17.8 Å². The van der Waals surface area contributed by atoms with Crippen molar-refractivity contribution in [3.63, 3.8) is 0 Å². The molecular formula is C16H22IN3O5. The first-order valence-electron chi connectivity index (χ1n) is 7.42. The zero-order chi connectivity index (χ0) is 19.4. The zero-order valence-electron chi connectivity index (χ0n) is 14.5. The van der Waals surface area contributed by atoms with E-state index < -0.39 is 29.1 Å². The summed E-state index contributed by atoms with van der Waals surface area (Å²) in [4.78, 5) is 35.7. The molecule has 1 atom stereocenters. The number of aliphatic carboxylic acids is 1. The van der Waals surface area contributed by atoms with Crippen molar-refractivity contribution >= 4 is 46.2 Å². The van der Waals surface area contributed by atoms with Gasteiger partial charge in [-0.25, -0.2) is 9.59 Å². The van der Waals surface area contributed by atoms with E-state index in [9.17, 15) is 19.5 Å². The Hall–Kier alpha value is -2.04. The SMILES string of the molecule is CC(C)(C)OC(=O)NC[C@](C)(NC(=O)c1ccc(I)cc1N)C(=O)O. The average Bonchev–Trinajstić information content (AvgIpc) is 2.43. The van der Waals surface area contributed by atoms with E-state index in [0.717, 1.165) is 3.57 Å². The molecule has 0 saturated heterocycles. The highest BCUT2D eigenvalue weighted by Crippen LogP contribution is 2.17. The van der Waals surface area contributed by atoms with E-state index in [0.29, 0.717) is 0 Å². The summed E-state index contributed by atoms with van der Waals surface area (Å²) in [5.41, 5.74) is 3.74. The number of amides is 2. The number of nitrogen functional groups attached to an aromatic ring is 1. The van der Waals surface area contributed by atoms with Crippen molar-refractivity contribution in [3.8, 4) is 0 Å². The van der Waals surface area contributed by atoms with Gasteiger partial charge in [-0.1, -0.05) is 0 Å². The van der Waals surface area contributed by atoms with Gasteiger partial charge in [0.2, 0.25) is 0 Å². The van der Waals surface area contributed by atoms with Gasteiger partial charge in [0.1, 0.15) is 5.60 Å². The second-order valence-electron chi connectivity index (χ2n) is 6.68. The summed E-state index contributed by atoms with van der Waals surface area (Å²) in [5, 5.41) is 14.2. The van der Waals surface area contributed by atoms with E-state index >= 15 is 0 Å². The molecule has 0 aliphatic rings. The minimum absolute atomic E-state index is 0.158. The second kappa shape index (κ2) is 7.89. The van der Waals surface area contributed by atoms with Gasteiger partial charge in [0.05, 0.1) is 12.1 Å². The van der Waals surface area contributed by atoms with Crippen LogP contribution in [0.15, 0.2) is 18.2 Å². The molecular weight excluding hydrogens is 441 g/mol. The fraction of sp³-hybridized carbons (Fsp3) is 0.438. The molecule has 9 heteroatoms. The standard InChI is InChI=1S/C16H22IN3O5/c1-15(2,3)25-14(24)19-8-16(4,13(22)23)20-12(21)10-6-5-9(17)7-11(10)18/h5-7H,8,18H2,1-4H3,(H,19,24)(H,20,21)(H,22,23)/t16-/m0/s1. The van der Waals surface area contributed by atoms with E-state index in [1.807, 2.05) is 22.6 Å². The predicted octanol–water partition coefficient (Wildman–Crippen LogP) is 1.97. The van der Waals surface area contributed by atoms with Crippen molar-refractivity contribution < 1.29 is 24.2 Å². The first-order chi connectivity index (χ1) is 11.3. The molecule has 5 N–H and O–H groups in total. The number of rotatable bonds is 5. The predicted molar refractivity (Wildman–Crippen MR) is 101 cm³/mol.